The number of ether oxygens (including phenoxy) is 1. The van der Waals surface area contributed by atoms with Gasteiger partial charge in [-0.1, -0.05) is 13.3 Å². The van der Waals surface area contributed by atoms with Crippen LogP contribution in [0.4, 0.5) is 0 Å². The molecule has 0 saturated heterocycles. The van der Waals surface area contributed by atoms with E-state index in [0.29, 0.717) is 5.92 Å². The van der Waals surface area contributed by atoms with Crippen molar-refractivity contribution < 1.29 is 9.84 Å². The van der Waals surface area contributed by atoms with E-state index in [2.05, 4.69) is 6.92 Å². The molecular formula is C14H26O2. The minimum atomic E-state index is -0.214. The van der Waals surface area contributed by atoms with Crippen LogP contribution < -0.4 is 0 Å². The van der Waals surface area contributed by atoms with E-state index in [9.17, 15) is 5.11 Å². The third-order valence-corrected chi connectivity index (χ3v) is 4.69. The number of hydrogen-bond donors (Lipinski definition) is 1. The summed E-state index contributed by atoms with van der Waals surface area (Å²) in [5.41, 5.74) is -0.202. The first kappa shape index (κ1) is 12.4. The molecule has 2 rings (SSSR count). The molecule has 0 spiro atoms. The van der Waals surface area contributed by atoms with Crippen molar-refractivity contribution in [2.45, 2.75) is 70.5 Å². The van der Waals surface area contributed by atoms with Crippen LogP contribution in [0.5, 0.6) is 0 Å². The molecule has 0 aromatic heterocycles. The highest BCUT2D eigenvalue weighted by molar-refractivity contribution is 4.97. The van der Waals surface area contributed by atoms with Gasteiger partial charge in [0, 0.05) is 6.61 Å². The Bertz CT molecular complexity index is 215. The van der Waals surface area contributed by atoms with E-state index in [4.69, 9.17) is 4.74 Å². The first-order valence-corrected chi connectivity index (χ1v) is 7.00. The molecule has 0 radical (unpaired) electrons. The minimum absolute atomic E-state index is 0.202. The van der Waals surface area contributed by atoms with Gasteiger partial charge in [-0.2, -0.15) is 0 Å². The van der Waals surface area contributed by atoms with Crippen LogP contribution in [-0.2, 0) is 4.74 Å². The maximum absolute atomic E-state index is 10.5. The molecule has 94 valence electrons. The van der Waals surface area contributed by atoms with Crippen molar-refractivity contribution in [3.63, 3.8) is 0 Å². The van der Waals surface area contributed by atoms with Crippen molar-refractivity contribution in [2.75, 3.05) is 6.61 Å². The van der Waals surface area contributed by atoms with Gasteiger partial charge in [-0.15, -0.1) is 0 Å². The second-order valence-electron chi connectivity index (χ2n) is 5.82. The fourth-order valence-corrected chi connectivity index (χ4v) is 3.25. The van der Waals surface area contributed by atoms with Crippen LogP contribution in [0.1, 0.15) is 58.8 Å². The summed E-state index contributed by atoms with van der Waals surface area (Å²) in [6.45, 7) is 5.09. The summed E-state index contributed by atoms with van der Waals surface area (Å²) in [7, 11) is 0. The van der Waals surface area contributed by atoms with Crippen LogP contribution in [0.25, 0.3) is 0 Å². The Morgan fingerprint density at radius 1 is 1.25 bits per heavy atom. The Morgan fingerprint density at radius 2 is 1.88 bits per heavy atom. The molecule has 0 aliphatic heterocycles. The molecule has 2 aliphatic carbocycles. The van der Waals surface area contributed by atoms with Gasteiger partial charge in [0.05, 0.1) is 11.7 Å². The standard InChI is InChI=1S/C14H26O2/c1-3-16-14(9-7-11(2)8-10-14)13(15)12-5-4-6-12/h11-13,15H,3-10H2,1-2H3. The summed E-state index contributed by atoms with van der Waals surface area (Å²) in [4.78, 5) is 0. The van der Waals surface area contributed by atoms with E-state index in [-0.39, 0.29) is 11.7 Å². The Morgan fingerprint density at radius 3 is 2.31 bits per heavy atom. The van der Waals surface area contributed by atoms with Crippen molar-refractivity contribution in [2.24, 2.45) is 11.8 Å². The van der Waals surface area contributed by atoms with E-state index in [1.807, 2.05) is 6.92 Å². The molecule has 2 aliphatic rings. The molecule has 0 heterocycles. The van der Waals surface area contributed by atoms with Crippen molar-refractivity contribution in [3.8, 4) is 0 Å². The zero-order chi connectivity index (χ0) is 11.6. The third kappa shape index (κ3) is 2.28. The van der Waals surface area contributed by atoms with Crippen LogP contribution in [0, 0.1) is 11.8 Å². The molecule has 0 bridgehead atoms. The number of aliphatic hydroxyl groups excluding tert-OH is 1. The van der Waals surface area contributed by atoms with E-state index in [1.54, 1.807) is 0 Å². The van der Waals surface area contributed by atoms with Crippen LogP contribution in [0.3, 0.4) is 0 Å². The smallest absolute Gasteiger partial charge is 0.0942 e. The van der Waals surface area contributed by atoms with Crippen LogP contribution >= 0.6 is 0 Å². The first-order chi connectivity index (χ1) is 7.68. The molecule has 1 atom stereocenters. The van der Waals surface area contributed by atoms with Crippen LogP contribution in [-0.4, -0.2) is 23.4 Å². The second-order valence-corrected chi connectivity index (χ2v) is 5.82. The lowest BCUT2D eigenvalue weighted by Crippen LogP contribution is -2.52. The molecule has 1 unspecified atom stereocenters. The number of aliphatic hydroxyl groups is 1. The molecule has 0 amide bonds. The molecule has 2 nitrogen and oxygen atoms in total. The van der Waals surface area contributed by atoms with Gasteiger partial charge in [0.2, 0.25) is 0 Å². The third-order valence-electron chi connectivity index (χ3n) is 4.69. The van der Waals surface area contributed by atoms with Gasteiger partial charge < -0.3 is 9.84 Å². The Kier molecular flexibility index (Phi) is 3.91. The van der Waals surface area contributed by atoms with Gasteiger partial charge in [-0.05, 0) is 57.3 Å². The lowest BCUT2D eigenvalue weighted by Gasteiger charge is -2.47. The van der Waals surface area contributed by atoms with E-state index < -0.39 is 0 Å². The summed E-state index contributed by atoms with van der Waals surface area (Å²) in [5.74, 6) is 1.32. The summed E-state index contributed by atoms with van der Waals surface area (Å²) < 4.78 is 5.99. The summed E-state index contributed by atoms with van der Waals surface area (Å²) in [6.07, 6.45) is 8.01. The van der Waals surface area contributed by atoms with Crippen LogP contribution in [0.15, 0.2) is 0 Å². The normalized spacial score (nSPS) is 38.1. The summed E-state index contributed by atoms with van der Waals surface area (Å²) >= 11 is 0. The monoisotopic (exact) mass is 226 g/mol. The van der Waals surface area contributed by atoms with Crippen molar-refractivity contribution in [1.82, 2.24) is 0 Å². The van der Waals surface area contributed by atoms with Crippen molar-refractivity contribution >= 4 is 0 Å². The average Bonchev–Trinajstić information content (AvgIpc) is 2.19. The lowest BCUT2D eigenvalue weighted by molar-refractivity contribution is -0.169. The zero-order valence-electron chi connectivity index (χ0n) is 10.7. The highest BCUT2D eigenvalue weighted by atomic mass is 16.5. The fraction of sp³-hybridized carbons (Fsp3) is 1.00. The zero-order valence-corrected chi connectivity index (χ0v) is 10.7. The predicted molar refractivity (Wildman–Crippen MR) is 65.3 cm³/mol. The fourth-order valence-electron chi connectivity index (χ4n) is 3.25. The van der Waals surface area contributed by atoms with Gasteiger partial charge >= 0.3 is 0 Å². The molecule has 2 fully saturated rings. The Labute approximate surface area is 99.4 Å². The maximum atomic E-state index is 10.5. The number of hydrogen-bond acceptors (Lipinski definition) is 2. The second kappa shape index (κ2) is 5.05. The van der Waals surface area contributed by atoms with Crippen molar-refractivity contribution in [3.05, 3.63) is 0 Å². The highest BCUT2D eigenvalue weighted by Crippen LogP contribution is 2.43. The maximum Gasteiger partial charge on any atom is 0.0942 e. The van der Waals surface area contributed by atoms with Crippen molar-refractivity contribution in [1.29, 1.82) is 0 Å². The van der Waals surface area contributed by atoms with Gasteiger partial charge in [0.25, 0.3) is 0 Å². The minimum Gasteiger partial charge on any atom is -0.390 e. The largest absolute Gasteiger partial charge is 0.390 e. The topological polar surface area (TPSA) is 29.5 Å². The predicted octanol–water partition coefficient (Wildman–Crippen LogP) is 3.13. The van der Waals surface area contributed by atoms with Gasteiger partial charge in [0.15, 0.2) is 0 Å². The summed E-state index contributed by atoms with van der Waals surface area (Å²) in [5, 5.41) is 10.5. The molecule has 0 aromatic carbocycles. The van der Waals surface area contributed by atoms with Gasteiger partial charge in [-0.25, -0.2) is 0 Å². The molecule has 2 heteroatoms. The molecule has 2 saturated carbocycles. The first-order valence-electron chi connectivity index (χ1n) is 7.00. The van der Waals surface area contributed by atoms with E-state index in [0.717, 1.165) is 25.4 Å². The molecular weight excluding hydrogens is 200 g/mol. The highest BCUT2D eigenvalue weighted by Gasteiger charge is 2.45. The van der Waals surface area contributed by atoms with Crippen LogP contribution in [0.2, 0.25) is 0 Å². The van der Waals surface area contributed by atoms with E-state index in [1.165, 1.54) is 32.1 Å². The SMILES string of the molecule is CCOC1(C(O)C2CCC2)CCC(C)CC1. The average molecular weight is 226 g/mol. The lowest BCUT2D eigenvalue weighted by atomic mass is 9.68. The number of rotatable bonds is 4. The van der Waals surface area contributed by atoms with Gasteiger partial charge in [0.1, 0.15) is 0 Å². The van der Waals surface area contributed by atoms with Gasteiger partial charge in [-0.3, -0.25) is 0 Å². The molecule has 16 heavy (non-hydrogen) atoms. The molecule has 0 aromatic rings. The summed E-state index contributed by atoms with van der Waals surface area (Å²) in [6, 6.07) is 0. The molecule has 1 N–H and O–H groups in total. The Hall–Kier alpha value is -0.0800. The quantitative estimate of drug-likeness (QED) is 0.798. The van der Waals surface area contributed by atoms with E-state index >= 15 is 0 Å². The Balaban J connectivity index is 2.01.